The summed E-state index contributed by atoms with van der Waals surface area (Å²) in [5.41, 5.74) is 3.21. The second kappa shape index (κ2) is 6.26. The van der Waals surface area contributed by atoms with Crippen molar-refractivity contribution in [1.82, 2.24) is 15.5 Å². The predicted molar refractivity (Wildman–Crippen MR) is 80.7 cm³/mol. The van der Waals surface area contributed by atoms with Crippen LogP contribution in [0.5, 0.6) is 0 Å². The maximum Gasteiger partial charge on any atom is 0.0690 e. The molecule has 0 saturated carbocycles. The van der Waals surface area contributed by atoms with E-state index >= 15 is 0 Å². The van der Waals surface area contributed by atoms with Crippen LogP contribution in [-0.2, 0) is 0 Å². The molecule has 0 aromatic carbocycles. The molecule has 1 unspecified atom stereocenters. The first-order valence-electron chi connectivity index (χ1n) is 6.72. The van der Waals surface area contributed by atoms with E-state index in [1.54, 1.807) is 0 Å². The zero-order chi connectivity index (χ0) is 13.8. The highest BCUT2D eigenvalue weighted by Gasteiger charge is 2.18. The average Bonchev–Trinajstić information content (AvgIpc) is 2.80. The molecule has 0 radical (unpaired) electrons. The first kappa shape index (κ1) is 14.2. The minimum Gasteiger partial charge on any atom is -0.306 e. The number of nitrogens with one attached hydrogen (secondary N) is 1. The lowest BCUT2D eigenvalue weighted by atomic mass is 10.0. The Bertz CT molecular complexity index is 548. The zero-order valence-corrected chi connectivity index (χ0v) is 12.8. The van der Waals surface area contributed by atoms with Gasteiger partial charge in [0.2, 0.25) is 0 Å². The first-order chi connectivity index (χ1) is 9.11. The van der Waals surface area contributed by atoms with E-state index in [1.807, 2.05) is 25.2 Å². The highest BCUT2D eigenvalue weighted by Crippen LogP contribution is 2.29. The minimum absolute atomic E-state index is 0.229. The normalized spacial score (nSPS) is 12.6. The number of thiophene rings is 1. The maximum atomic E-state index is 4.25. The molecular weight excluding hydrogens is 254 g/mol. The summed E-state index contributed by atoms with van der Waals surface area (Å²) in [6.07, 6.45) is 1.12. The van der Waals surface area contributed by atoms with E-state index < -0.39 is 0 Å². The highest BCUT2D eigenvalue weighted by molar-refractivity contribution is 7.12. The van der Waals surface area contributed by atoms with Crippen molar-refractivity contribution in [2.24, 2.45) is 0 Å². The zero-order valence-electron chi connectivity index (χ0n) is 12.0. The van der Waals surface area contributed by atoms with Gasteiger partial charge in [0, 0.05) is 9.75 Å². The van der Waals surface area contributed by atoms with Gasteiger partial charge in [0.15, 0.2) is 0 Å². The van der Waals surface area contributed by atoms with Gasteiger partial charge in [-0.3, -0.25) is 0 Å². The van der Waals surface area contributed by atoms with Gasteiger partial charge in [0.25, 0.3) is 0 Å². The summed E-state index contributed by atoms with van der Waals surface area (Å²) in [6, 6.07) is 6.76. The molecule has 4 heteroatoms. The fourth-order valence-electron chi connectivity index (χ4n) is 2.12. The van der Waals surface area contributed by atoms with E-state index in [-0.39, 0.29) is 6.04 Å². The molecule has 0 aliphatic carbocycles. The van der Waals surface area contributed by atoms with Crippen LogP contribution < -0.4 is 5.32 Å². The van der Waals surface area contributed by atoms with E-state index in [2.05, 4.69) is 47.6 Å². The van der Waals surface area contributed by atoms with Gasteiger partial charge >= 0.3 is 0 Å². The summed E-state index contributed by atoms with van der Waals surface area (Å²) >= 11 is 1.84. The molecule has 0 amide bonds. The summed E-state index contributed by atoms with van der Waals surface area (Å²) in [5.74, 6) is 0. The predicted octanol–water partition coefficient (Wildman–Crippen LogP) is 3.55. The molecule has 1 atom stereocenters. The third kappa shape index (κ3) is 3.39. The lowest BCUT2D eigenvalue weighted by molar-refractivity contribution is 0.598. The van der Waals surface area contributed by atoms with Crippen molar-refractivity contribution < 1.29 is 0 Å². The SMILES string of the molecule is CCCNC(c1ccc(C)s1)c1cc(C)nnc1C. The number of hydrogen-bond donors (Lipinski definition) is 1. The standard InChI is InChI=1S/C15H21N3S/c1-5-8-16-15(14-7-6-11(3)19-14)13-9-10(2)17-18-12(13)4/h6-7,9,15-16H,5,8H2,1-4H3. The third-order valence-electron chi connectivity index (χ3n) is 3.10. The van der Waals surface area contributed by atoms with Crippen LogP contribution in [0, 0.1) is 20.8 Å². The van der Waals surface area contributed by atoms with Crippen LogP contribution >= 0.6 is 11.3 Å². The van der Waals surface area contributed by atoms with Gasteiger partial charge in [0.05, 0.1) is 17.4 Å². The molecule has 0 fully saturated rings. The largest absolute Gasteiger partial charge is 0.306 e. The van der Waals surface area contributed by atoms with Crippen LogP contribution in [0.1, 0.15) is 46.1 Å². The highest BCUT2D eigenvalue weighted by atomic mass is 32.1. The van der Waals surface area contributed by atoms with E-state index in [4.69, 9.17) is 0 Å². The van der Waals surface area contributed by atoms with Crippen molar-refractivity contribution in [3.63, 3.8) is 0 Å². The molecule has 0 saturated heterocycles. The summed E-state index contributed by atoms with van der Waals surface area (Å²) < 4.78 is 0. The van der Waals surface area contributed by atoms with Crippen molar-refractivity contribution in [3.8, 4) is 0 Å². The van der Waals surface area contributed by atoms with Crippen LogP contribution in [0.2, 0.25) is 0 Å². The molecule has 2 aromatic rings. The molecule has 19 heavy (non-hydrogen) atoms. The van der Waals surface area contributed by atoms with Gasteiger partial charge in [0.1, 0.15) is 0 Å². The quantitative estimate of drug-likeness (QED) is 0.906. The van der Waals surface area contributed by atoms with Crippen molar-refractivity contribution in [2.75, 3.05) is 6.54 Å². The summed E-state index contributed by atoms with van der Waals surface area (Å²) in [6.45, 7) is 9.36. The molecule has 3 nitrogen and oxygen atoms in total. The molecule has 1 N–H and O–H groups in total. The molecule has 0 aliphatic heterocycles. The second-order valence-electron chi connectivity index (χ2n) is 4.86. The van der Waals surface area contributed by atoms with Gasteiger partial charge in [-0.2, -0.15) is 10.2 Å². The number of aromatic nitrogens is 2. The monoisotopic (exact) mass is 275 g/mol. The smallest absolute Gasteiger partial charge is 0.0690 e. The molecule has 102 valence electrons. The number of rotatable bonds is 5. The Morgan fingerprint density at radius 1 is 1.21 bits per heavy atom. The Kier molecular flexibility index (Phi) is 4.66. The van der Waals surface area contributed by atoms with Crippen molar-refractivity contribution in [3.05, 3.63) is 44.9 Å². The van der Waals surface area contributed by atoms with E-state index in [0.717, 1.165) is 24.4 Å². The van der Waals surface area contributed by atoms with Crippen molar-refractivity contribution >= 4 is 11.3 Å². The van der Waals surface area contributed by atoms with Crippen LogP contribution in [0.4, 0.5) is 0 Å². The maximum absolute atomic E-state index is 4.25. The lowest BCUT2D eigenvalue weighted by Crippen LogP contribution is -2.23. The van der Waals surface area contributed by atoms with E-state index in [1.165, 1.54) is 15.3 Å². The summed E-state index contributed by atoms with van der Waals surface area (Å²) in [4.78, 5) is 2.69. The Morgan fingerprint density at radius 2 is 2.00 bits per heavy atom. The second-order valence-corrected chi connectivity index (χ2v) is 6.18. The molecule has 0 spiro atoms. The molecule has 0 aliphatic rings. The molecule has 2 heterocycles. The number of aryl methyl sites for hydroxylation is 3. The number of hydrogen-bond acceptors (Lipinski definition) is 4. The Balaban J connectivity index is 2.39. The molecular formula is C15H21N3S. The van der Waals surface area contributed by atoms with Gasteiger partial charge < -0.3 is 5.32 Å². The van der Waals surface area contributed by atoms with Crippen LogP contribution in [0.25, 0.3) is 0 Å². The molecule has 2 aromatic heterocycles. The van der Waals surface area contributed by atoms with Gasteiger partial charge in [-0.1, -0.05) is 6.92 Å². The first-order valence-corrected chi connectivity index (χ1v) is 7.54. The Morgan fingerprint density at radius 3 is 2.63 bits per heavy atom. The Hall–Kier alpha value is -1.26. The fourth-order valence-corrected chi connectivity index (χ4v) is 3.10. The van der Waals surface area contributed by atoms with E-state index in [0.29, 0.717) is 0 Å². The van der Waals surface area contributed by atoms with Gasteiger partial charge in [-0.05, 0) is 57.5 Å². The fraction of sp³-hybridized carbons (Fsp3) is 0.467. The van der Waals surface area contributed by atoms with Gasteiger partial charge in [-0.15, -0.1) is 11.3 Å². The minimum atomic E-state index is 0.229. The molecule has 2 rings (SSSR count). The summed E-state index contributed by atoms with van der Waals surface area (Å²) in [5, 5.41) is 12.0. The molecule has 0 bridgehead atoms. The van der Waals surface area contributed by atoms with Crippen molar-refractivity contribution in [1.29, 1.82) is 0 Å². The summed E-state index contributed by atoms with van der Waals surface area (Å²) in [7, 11) is 0. The Labute approximate surface area is 119 Å². The van der Waals surface area contributed by atoms with Crippen LogP contribution in [0.15, 0.2) is 18.2 Å². The van der Waals surface area contributed by atoms with Crippen LogP contribution in [0.3, 0.4) is 0 Å². The van der Waals surface area contributed by atoms with E-state index in [9.17, 15) is 0 Å². The lowest BCUT2D eigenvalue weighted by Gasteiger charge is -2.19. The topological polar surface area (TPSA) is 37.8 Å². The number of nitrogens with zero attached hydrogens (tertiary/aromatic N) is 2. The van der Waals surface area contributed by atoms with Crippen molar-refractivity contribution in [2.45, 2.75) is 40.2 Å². The average molecular weight is 275 g/mol. The van der Waals surface area contributed by atoms with Gasteiger partial charge in [-0.25, -0.2) is 0 Å². The van der Waals surface area contributed by atoms with Crippen LogP contribution in [-0.4, -0.2) is 16.7 Å². The third-order valence-corrected chi connectivity index (χ3v) is 4.16.